The zero-order chi connectivity index (χ0) is 21.4. The molecule has 30 heavy (non-hydrogen) atoms. The first kappa shape index (κ1) is 19.8. The monoisotopic (exact) mass is 447 g/mol. The molecular weight excluding hydrogens is 426 g/mol. The molecule has 4 unspecified atom stereocenters. The van der Waals surface area contributed by atoms with Crippen LogP contribution in [0, 0.1) is 0 Å². The summed E-state index contributed by atoms with van der Waals surface area (Å²) in [6.07, 6.45) is 0. The Hall–Kier alpha value is -2.17. The standard InChI is InChI=1S/C19H22ClN7O2S/c1-18(2)13(14-22-24-25-23-14)26-16(29)12(17(26)30-18)27-15(28)11(21-19(27,3)4)9-7-5-6-8-10(9)20/h5-8,11-13,17,21H,1-4H3,(H,22,23,24,25). The van der Waals surface area contributed by atoms with Crippen LogP contribution in [0.1, 0.15) is 51.2 Å². The fourth-order valence-corrected chi connectivity index (χ4v) is 6.79. The van der Waals surface area contributed by atoms with Crippen LogP contribution in [0.15, 0.2) is 24.3 Å². The van der Waals surface area contributed by atoms with Crippen molar-refractivity contribution in [3.8, 4) is 0 Å². The lowest BCUT2D eigenvalue weighted by Gasteiger charge is -2.50. The minimum atomic E-state index is -0.704. The molecule has 3 saturated heterocycles. The Bertz CT molecular complexity index is 1030. The van der Waals surface area contributed by atoms with Gasteiger partial charge in [0.05, 0.1) is 5.66 Å². The summed E-state index contributed by atoms with van der Waals surface area (Å²) in [7, 11) is 0. The Balaban J connectivity index is 1.47. The number of nitrogens with one attached hydrogen (secondary N) is 2. The maximum Gasteiger partial charge on any atom is 0.250 e. The summed E-state index contributed by atoms with van der Waals surface area (Å²) < 4.78 is -0.307. The SMILES string of the molecule is CC1(C)SC2C(N3C(=O)C(c4ccccc4Cl)NC3(C)C)C(=O)N2C1c1nnn[nH]1. The summed E-state index contributed by atoms with van der Waals surface area (Å²) in [4.78, 5) is 30.3. The molecule has 11 heteroatoms. The minimum absolute atomic E-state index is 0.0949. The van der Waals surface area contributed by atoms with Gasteiger partial charge in [-0.3, -0.25) is 14.9 Å². The molecule has 4 heterocycles. The Morgan fingerprint density at radius 1 is 1.13 bits per heavy atom. The molecule has 0 radical (unpaired) electrons. The lowest BCUT2D eigenvalue weighted by Crippen LogP contribution is -2.71. The number of aromatic nitrogens is 4. The van der Waals surface area contributed by atoms with Gasteiger partial charge in [-0.05, 0) is 49.8 Å². The third kappa shape index (κ3) is 2.63. The number of nitrogens with zero attached hydrogens (tertiary/aromatic N) is 5. The van der Waals surface area contributed by atoms with Crippen LogP contribution < -0.4 is 5.32 Å². The highest BCUT2D eigenvalue weighted by atomic mass is 35.5. The van der Waals surface area contributed by atoms with E-state index in [1.54, 1.807) is 27.6 Å². The van der Waals surface area contributed by atoms with Crippen LogP contribution in [0.3, 0.4) is 0 Å². The molecule has 0 bridgehead atoms. The number of hydrogen-bond donors (Lipinski definition) is 2. The van der Waals surface area contributed by atoms with Crippen molar-refractivity contribution < 1.29 is 9.59 Å². The quantitative estimate of drug-likeness (QED) is 0.691. The number of amides is 2. The van der Waals surface area contributed by atoms with E-state index in [-0.39, 0.29) is 28.0 Å². The molecule has 1 aromatic heterocycles. The predicted molar refractivity (Wildman–Crippen MR) is 111 cm³/mol. The van der Waals surface area contributed by atoms with Crippen LogP contribution >= 0.6 is 23.4 Å². The summed E-state index contributed by atoms with van der Waals surface area (Å²) >= 11 is 8.02. The van der Waals surface area contributed by atoms with E-state index >= 15 is 0 Å². The zero-order valence-corrected chi connectivity index (χ0v) is 18.5. The second-order valence-electron chi connectivity index (χ2n) is 8.86. The van der Waals surface area contributed by atoms with Gasteiger partial charge >= 0.3 is 0 Å². The van der Waals surface area contributed by atoms with Crippen molar-refractivity contribution in [3.63, 3.8) is 0 Å². The molecule has 0 spiro atoms. The molecule has 0 saturated carbocycles. The zero-order valence-electron chi connectivity index (χ0n) is 17.0. The molecular formula is C19H22ClN7O2S. The summed E-state index contributed by atoms with van der Waals surface area (Å²) in [5.74, 6) is 0.317. The molecule has 3 aliphatic heterocycles. The molecule has 2 amide bonds. The van der Waals surface area contributed by atoms with Gasteiger partial charge in [0.25, 0.3) is 0 Å². The highest BCUT2D eigenvalue weighted by molar-refractivity contribution is 8.01. The van der Waals surface area contributed by atoms with Gasteiger partial charge in [-0.25, -0.2) is 5.10 Å². The van der Waals surface area contributed by atoms with Crippen molar-refractivity contribution in [2.24, 2.45) is 0 Å². The van der Waals surface area contributed by atoms with Crippen LogP contribution in [0.2, 0.25) is 5.02 Å². The Kier molecular flexibility index (Phi) is 4.23. The summed E-state index contributed by atoms with van der Waals surface area (Å²) in [6.45, 7) is 7.96. The van der Waals surface area contributed by atoms with Gasteiger partial charge in [-0.15, -0.1) is 16.9 Å². The van der Waals surface area contributed by atoms with Crippen molar-refractivity contribution in [2.45, 2.75) is 61.6 Å². The number of tetrazole rings is 1. The van der Waals surface area contributed by atoms with E-state index in [1.165, 1.54) is 0 Å². The largest absolute Gasteiger partial charge is 0.314 e. The molecule has 3 fully saturated rings. The number of rotatable bonds is 3. The number of H-pyrrole nitrogens is 1. The molecule has 2 aromatic rings. The van der Waals surface area contributed by atoms with E-state index in [4.69, 9.17) is 11.6 Å². The molecule has 158 valence electrons. The second-order valence-corrected chi connectivity index (χ2v) is 11.0. The predicted octanol–water partition coefficient (Wildman–Crippen LogP) is 1.87. The molecule has 4 atom stereocenters. The lowest BCUT2D eigenvalue weighted by atomic mass is 9.93. The van der Waals surface area contributed by atoms with Gasteiger partial charge in [-0.2, -0.15) is 0 Å². The van der Waals surface area contributed by atoms with Crippen LogP contribution in [0.5, 0.6) is 0 Å². The average molecular weight is 448 g/mol. The lowest BCUT2D eigenvalue weighted by molar-refractivity contribution is -0.165. The van der Waals surface area contributed by atoms with Crippen LogP contribution in [0.4, 0.5) is 0 Å². The van der Waals surface area contributed by atoms with E-state index in [0.717, 1.165) is 0 Å². The van der Waals surface area contributed by atoms with E-state index in [2.05, 4.69) is 39.8 Å². The van der Waals surface area contributed by atoms with E-state index in [1.807, 2.05) is 32.0 Å². The first-order valence-electron chi connectivity index (χ1n) is 9.72. The van der Waals surface area contributed by atoms with Gasteiger partial charge in [-0.1, -0.05) is 29.8 Å². The van der Waals surface area contributed by atoms with E-state index in [0.29, 0.717) is 16.4 Å². The van der Waals surface area contributed by atoms with Gasteiger partial charge in [0.2, 0.25) is 11.8 Å². The Morgan fingerprint density at radius 2 is 1.87 bits per heavy atom. The average Bonchev–Trinajstić information content (AvgIpc) is 3.33. The molecule has 1 aromatic carbocycles. The minimum Gasteiger partial charge on any atom is -0.314 e. The fourth-order valence-electron chi connectivity index (χ4n) is 4.86. The molecule has 2 N–H and O–H groups in total. The number of halogens is 1. The number of benzene rings is 1. The van der Waals surface area contributed by atoms with Crippen LogP contribution in [-0.4, -0.2) is 64.1 Å². The number of β-lactam (4-membered cyclic amide) rings is 1. The van der Waals surface area contributed by atoms with Crippen molar-refractivity contribution in [3.05, 3.63) is 40.7 Å². The van der Waals surface area contributed by atoms with Gasteiger partial charge < -0.3 is 9.80 Å². The van der Waals surface area contributed by atoms with Crippen molar-refractivity contribution in [1.29, 1.82) is 0 Å². The maximum atomic E-state index is 13.5. The fraction of sp³-hybridized carbons (Fsp3) is 0.526. The van der Waals surface area contributed by atoms with Crippen molar-refractivity contribution in [1.82, 2.24) is 35.7 Å². The van der Waals surface area contributed by atoms with E-state index in [9.17, 15) is 9.59 Å². The van der Waals surface area contributed by atoms with Crippen molar-refractivity contribution in [2.75, 3.05) is 0 Å². The highest BCUT2D eigenvalue weighted by Crippen LogP contribution is 2.58. The van der Waals surface area contributed by atoms with Gasteiger partial charge in [0.1, 0.15) is 23.5 Å². The van der Waals surface area contributed by atoms with Gasteiger partial charge in [0.15, 0.2) is 5.82 Å². The Labute approximate surface area is 182 Å². The number of hydrogen-bond acceptors (Lipinski definition) is 7. The smallest absolute Gasteiger partial charge is 0.250 e. The van der Waals surface area contributed by atoms with Crippen LogP contribution in [0.25, 0.3) is 0 Å². The first-order chi connectivity index (χ1) is 14.1. The summed E-state index contributed by atoms with van der Waals surface area (Å²) in [5.41, 5.74) is 0.0117. The van der Waals surface area contributed by atoms with Gasteiger partial charge in [0, 0.05) is 9.77 Å². The third-order valence-corrected chi connectivity index (χ3v) is 8.01. The third-order valence-electron chi connectivity index (χ3n) is 6.11. The summed E-state index contributed by atoms with van der Waals surface area (Å²) in [6, 6.07) is 5.86. The first-order valence-corrected chi connectivity index (χ1v) is 11.0. The van der Waals surface area contributed by atoms with Crippen molar-refractivity contribution >= 4 is 35.2 Å². The van der Waals surface area contributed by atoms with E-state index < -0.39 is 17.7 Å². The molecule has 5 rings (SSSR count). The topological polar surface area (TPSA) is 107 Å². The number of carbonyl (C=O) groups excluding carboxylic acids is 2. The normalized spacial score (nSPS) is 31.8. The summed E-state index contributed by atoms with van der Waals surface area (Å²) in [5, 5.41) is 17.9. The molecule has 3 aliphatic rings. The number of aromatic amines is 1. The number of thioether (sulfide) groups is 1. The highest BCUT2D eigenvalue weighted by Gasteiger charge is 2.67. The van der Waals surface area contributed by atoms with Crippen LogP contribution in [-0.2, 0) is 9.59 Å². The molecule has 9 nitrogen and oxygen atoms in total. The number of fused-ring (bicyclic) bond motifs is 1. The number of carbonyl (C=O) groups is 2. The second kappa shape index (κ2) is 6.41. The maximum absolute atomic E-state index is 13.5. The molecule has 0 aliphatic carbocycles. The Morgan fingerprint density at radius 3 is 2.53 bits per heavy atom.